The molecule has 0 fully saturated rings. The topological polar surface area (TPSA) is 62.2 Å². The van der Waals surface area contributed by atoms with Crippen molar-refractivity contribution in [1.82, 2.24) is 4.98 Å². The van der Waals surface area contributed by atoms with Gasteiger partial charge in [-0.15, -0.1) is 0 Å². The molecule has 0 bridgehead atoms. The van der Waals surface area contributed by atoms with E-state index >= 15 is 0 Å². The molecule has 2 rings (SSSR count). The number of phenolic OH excluding ortho intramolecular Hbond substituents is 1. The number of rotatable bonds is 2. The number of nitrogens with zero attached hydrogens (tertiary/aromatic N) is 1. The Bertz CT molecular complexity index is 582. The van der Waals surface area contributed by atoms with Crippen molar-refractivity contribution in [2.45, 2.75) is 6.92 Å². The Labute approximate surface area is 113 Å². The number of aromatic nitrogens is 1. The first-order valence-electron chi connectivity index (χ1n) is 5.29. The first-order valence-corrected chi connectivity index (χ1v) is 6.08. The molecule has 18 heavy (non-hydrogen) atoms. The van der Waals surface area contributed by atoms with Gasteiger partial charge in [0.15, 0.2) is 0 Å². The normalized spacial score (nSPS) is 10.1. The van der Waals surface area contributed by atoms with Gasteiger partial charge in [-0.2, -0.15) is 0 Å². The van der Waals surface area contributed by atoms with E-state index in [0.717, 1.165) is 5.56 Å². The molecule has 0 unspecified atom stereocenters. The van der Waals surface area contributed by atoms with Gasteiger partial charge >= 0.3 is 0 Å². The third-order valence-corrected chi connectivity index (χ3v) is 2.91. The smallest absolute Gasteiger partial charge is 0.255 e. The van der Waals surface area contributed by atoms with E-state index in [4.69, 9.17) is 0 Å². The third-order valence-electron chi connectivity index (χ3n) is 2.44. The van der Waals surface area contributed by atoms with E-state index in [1.165, 1.54) is 6.07 Å². The summed E-state index contributed by atoms with van der Waals surface area (Å²) in [5, 5.41) is 12.0. The van der Waals surface area contributed by atoms with Crippen molar-refractivity contribution < 1.29 is 9.90 Å². The highest BCUT2D eigenvalue weighted by molar-refractivity contribution is 9.10. The van der Waals surface area contributed by atoms with Crippen molar-refractivity contribution in [3.63, 3.8) is 0 Å². The maximum absolute atomic E-state index is 12.0. The molecule has 0 spiro atoms. The lowest BCUT2D eigenvalue weighted by Crippen LogP contribution is -2.13. The summed E-state index contributed by atoms with van der Waals surface area (Å²) in [6.45, 7) is 1.77. The Morgan fingerprint density at radius 1 is 1.33 bits per heavy atom. The second-order valence-electron chi connectivity index (χ2n) is 3.82. The molecule has 0 aliphatic rings. The van der Waals surface area contributed by atoms with Gasteiger partial charge in [0.2, 0.25) is 0 Å². The molecule has 1 amide bonds. The van der Waals surface area contributed by atoms with Crippen molar-refractivity contribution in [3.8, 4) is 5.75 Å². The Morgan fingerprint density at radius 2 is 2.11 bits per heavy atom. The third kappa shape index (κ3) is 2.87. The summed E-state index contributed by atoms with van der Waals surface area (Å²) in [5.41, 5.74) is 1.86. The van der Waals surface area contributed by atoms with Gasteiger partial charge in [-0.3, -0.25) is 4.79 Å². The molecule has 2 N–H and O–H groups in total. The van der Waals surface area contributed by atoms with E-state index in [1.54, 1.807) is 37.4 Å². The molecule has 0 radical (unpaired) electrons. The fourth-order valence-corrected chi connectivity index (χ4v) is 1.79. The Hall–Kier alpha value is -1.88. The number of aryl methyl sites for hydroxylation is 1. The van der Waals surface area contributed by atoms with Gasteiger partial charge in [0, 0.05) is 5.56 Å². The quantitative estimate of drug-likeness (QED) is 0.838. The van der Waals surface area contributed by atoms with E-state index in [2.05, 4.69) is 26.2 Å². The lowest BCUT2D eigenvalue weighted by Gasteiger charge is -2.07. The van der Waals surface area contributed by atoms with Crippen LogP contribution in [0.3, 0.4) is 0 Å². The number of hydrogen-bond acceptors (Lipinski definition) is 3. The van der Waals surface area contributed by atoms with Crippen molar-refractivity contribution in [2.75, 3.05) is 5.32 Å². The predicted octanol–water partition coefficient (Wildman–Crippen LogP) is 3.11. The predicted molar refractivity (Wildman–Crippen MR) is 72.7 cm³/mol. The summed E-state index contributed by atoms with van der Waals surface area (Å²) in [6.07, 6.45) is 1.57. The van der Waals surface area contributed by atoms with E-state index in [0.29, 0.717) is 15.9 Å². The average molecular weight is 307 g/mol. The molecule has 2 aromatic rings. The number of benzene rings is 1. The van der Waals surface area contributed by atoms with Gasteiger partial charge in [0.1, 0.15) is 10.4 Å². The van der Waals surface area contributed by atoms with Crippen LogP contribution in [0.5, 0.6) is 5.75 Å². The minimum absolute atomic E-state index is 0.148. The molecular weight excluding hydrogens is 296 g/mol. The molecule has 1 aromatic carbocycles. The highest BCUT2D eigenvalue weighted by atomic mass is 79.9. The van der Waals surface area contributed by atoms with Crippen LogP contribution < -0.4 is 5.32 Å². The molecule has 1 aromatic heterocycles. The van der Waals surface area contributed by atoms with Crippen LogP contribution in [0, 0.1) is 6.92 Å². The van der Waals surface area contributed by atoms with Crippen LogP contribution in [0.15, 0.2) is 41.1 Å². The molecular formula is C13H11BrN2O2. The van der Waals surface area contributed by atoms with Crippen LogP contribution in [0.4, 0.5) is 5.69 Å². The molecule has 0 atom stereocenters. The van der Waals surface area contributed by atoms with Crippen LogP contribution in [0.25, 0.3) is 0 Å². The van der Waals surface area contributed by atoms with Crippen molar-refractivity contribution >= 4 is 27.5 Å². The molecule has 1 heterocycles. The summed E-state index contributed by atoms with van der Waals surface area (Å²) in [5.74, 6) is -0.0778. The minimum Gasteiger partial charge on any atom is -0.508 e. The largest absolute Gasteiger partial charge is 0.508 e. The Balaban J connectivity index is 2.19. The van der Waals surface area contributed by atoms with Gasteiger partial charge in [0.25, 0.3) is 5.91 Å². The maximum atomic E-state index is 12.0. The summed E-state index contributed by atoms with van der Waals surface area (Å²) < 4.78 is 0.710. The highest BCUT2D eigenvalue weighted by Crippen LogP contribution is 2.17. The van der Waals surface area contributed by atoms with Gasteiger partial charge < -0.3 is 10.4 Å². The van der Waals surface area contributed by atoms with E-state index in [9.17, 15) is 9.90 Å². The maximum Gasteiger partial charge on any atom is 0.255 e. The fraction of sp³-hybridized carbons (Fsp3) is 0.0769. The molecule has 4 nitrogen and oxygen atoms in total. The van der Waals surface area contributed by atoms with E-state index in [-0.39, 0.29) is 11.7 Å². The highest BCUT2D eigenvalue weighted by Gasteiger charge is 2.09. The molecule has 0 aliphatic carbocycles. The number of pyridine rings is 1. The summed E-state index contributed by atoms with van der Waals surface area (Å²) in [6, 6.07) is 8.13. The lowest BCUT2D eigenvalue weighted by molar-refractivity contribution is 0.102. The summed E-state index contributed by atoms with van der Waals surface area (Å²) in [7, 11) is 0. The Morgan fingerprint density at radius 3 is 2.72 bits per heavy atom. The van der Waals surface area contributed by atoms with Gasteiger partial charge in [-0.05, 0) is 58.7 Å². The van der Waals surface area contributed by atoms with Crippen molar-refractivity contribution in [1.29, 1.82) is 0 Å². The first-order chi connectivity index (χ1) is 8.56. The number of nitrogens with one attached hydrogen (secondary N) is 1. The zero-order valence-electron chi connectivity index (χ0n) is 9.64. The van der Waals surface area contributed by atoms with Crippen LogP contribution in [-0.4, -0.2) is 16.0 Å². The second kappa shape index (κ2) is 5.18. The number of aromatic hydroxyl groups is 1. The fourth-order valence-electron chi connectivity index (χ4n) is 1.55. The lowest BCUT2D eigenvalue weighted by atomic mass is 10.1. The molecule has 92 valence electrons. The van der Waals surface area contributed by atoms with Gasteiger partial charge in [-0.1, -0.05) is 0 Å². The Kier molecular flexibility index (Phi) is 3.62. The number of hydrogen-bond donors (Lipinski definition) is 2. The number of anilines is 1. The molecule has 0 aliphatic heterocycles. The monoisotopic (exact) mass is 306 g/mol. The summed E-state index contributed by atoms with van der Waals surface area (Å²) in [4.78, 5) is 16.0. The van der Waals surface area contributed by atoms with Gasteiger partial charge in [0.05, 0.1) is 11.9 Å². The molecule has 0 saturated carbocycles. The number of carbonyl (C=O) groups is 1. The van der Waals surface area contributed by atoms with Crippen molar-refractivity contribution in [2.24, 2.45) is 0 Å². The van der Waals surface area contributed by atoms with E-state index < -0.39 is 0 Å². The van der Waals surface area contributed by atoms with Crippen molar-refractivity contribution in [3.05, 3.63) is 52.3 Å². The zero-order chi connectivity index (χ0) is 13.1. The number of halogens is 1. The number of phenols is 1. The summed E-state index contributed by atoms with van der Waals surface area (Å²) >= 11 is 3.22. The van der Waals surface area contributed by atoms with Crippen LogP contribution in [0.2, 0.25) is 0 Å². The first kappa shape index (κ1) is 12.6. The van der Waals surface area contributed by atoms with Crippen LogP contribution in [0.1, 0.15) is 15.9 Å². The van der Waals surface area contributed by atoms with E-state index in [1.807, 2.05) is 0 Å². The molecule has 5 heteroatoms. The standard InChI is InChI=1S/C13H11BrN2O2/c1-8-6-10(17)3-4-11(8)13(18)16-9-2-5-12(14)15-7-9/h2-7,17H,1H3,(H,16,18). The SMILES string of the molecule is Cc1cc(O)ccc1C(=O)Nc1ccc(Br)nc1. The number of carbonyl (C=O) groups excluding carboxylic acids is 1. The minimum atomic E-state index is -0.225. The second-order valence-corrected chi connectivity index (χ2v) is 4.64. The molecule has 0 saturated heterocycles. The zero-order valence-corrected chi connectivity index (χ0v) is 11.2. The number of amides is 1. The van der Waals surface area contributed by atoms with Crippen LogP contribution in [-0.2, 0) is 0 Å². The van der Waals surface area contributed by atoms with Crippen LogP contribution >= 0.6 is 15.9 Å². The average Bonchev–Trinajstić information content (AvgIpc) is 2.32. The van der Waals surface area contributed by atoms with Gasteiger partial charge in [-0.25, -0.2) is 4.98 Å².